The van der Waals surface area contributed by atoms with Crippen molar-refractivity contribution >= 4 is 75.6 Å². The normalized spacial score (nSPS) is 31.2. The van der Waals surface area contributed by atoms with Crippen LogP contribution >= 0.6 is 69.6 Å². The van der Waals surface area contributed by atoms with E-state index in [1.54, 1.807) is 0 Å². The predicted molar refractivity (Wildman–Crippen MR) is 126 cm³/mol. The highest BCUT2D eigenvalue weighted by Gasteiger charge is 2.85. The lowest BCUT2D eigenvalue weighted by Crippen LogP contribution is -2.45. The standard InChI is InChI=1S/C21H12Cl6O7/c22-16-17(23)20(25)11(18(32)33)10(19(16,24)21(20,26)27)9-5-1-3-7(28)12(30)14(5)34-15-6(9)2-4-8(29)13(15)31/h1-4,9-11,28-31H,(H,32,33). The number of carbonyl (C=O) groups is 1. The maximum absolute atomic E-state index is 12.6. The van der Waals surface area contributed by atoms with E-state index < -0.39 is 60.8 Å². The Morgan fingerprint density at radius 2 is 1.24 bits per heavy atom. The van der Waals surface area contributed by atoms with Crippen LogP contribution in [0.4, 0.5) is 0 Å². The molecule has 2 aromatic rings. The smallest absolute Gasteiger partial charge is 0.309 e. The fourth-order valence-corrected chi connectivity index (χ4v) is 8.28. The second-order valence-electron chi connectivity index (χ2n) is 8.25. The van der Waals surface area contributed by atoms with E-state index in [4.69, 9.17) is 74.3 Å². The number of aromatic hydroxyl groups is 4. The first kappa shape index (κ1) is 24.1. The lowest BCUT2D eigenvalue weighted by Gasteiger charge is -2.42. The molecule has 5 rings (SSSR count). The van der Waals surface area contributed by atoms with E-state index in [1.165, 1.54) is 12.1 Å². The van der Waals surface area contributed by atoms with E-state index in [0.29, 0.717) is 0 Å². The summed E-state index contributed by atoms with van der Waals surface area (Å²) in [7, 11) is 0. The van der Waals surface area contributed by atoms with E-state index in [-0.39, 0.29) is 32.7 Å². The van der Waals surface area contributed by atoms with Gasteiger partial charge in [-0.2, -0.15) is 0 Å². The molecule has 34 heavy (non-hydrogen) atoms. The van der Waals surface area contributed by atoms with Crippen LogP contribution in [0.3, 0.4) is 0 Å². The van der Waals surface area contributed by atoms with Crippen molar-refractivity contribution in [2.45, 2.75) is 20.0 Å². The number of fused-ring (bicyclic) bond motifs is 4. The number of phenolic OH excluding ortho intramolecular Hbond substituents is 4. The SMILES string of the molecule is O=C(O)C1C(C2c3ccc(O)c(O)c3Oc3c2ccc(O)c3O)C2(Cl)C(Cl)=C(Cl)C1(Cl)C2(Cl)Cl. The first-order valence-corrected chi connectivity index (χ1v) is 11.8. The lowest BCUT2D eigenvalue weighted by molar-refractivity contribution is -0.144. The Morgan fingerprint density at radius 1 is 0.794 bits per heavy atom. The molecule has 0 amide bonds. The van der Waals surface area contributed by atoms with Crippen molar-refractivity contribution in [2.75, 3.05) is 0 Å². The fourth-order valence-electron chi connectivity index (χ4n) is 5.28. The van der Waals surface area contributed by atoms with Crippen molar-refractivity contribution in [2.24, 2.45) is 11.8 Å². The second kappa shape index (κ2) is 7.21. The first-order valence-electron chi connectivity index (χ1n) is 9.55. The average Bonchev–Trinajstić information content (AvgIpc) is 2.98. The highest BCUT2D eigenvalue weighted by Crippen LogP contribution is 2.79. The number of aliphatic carboxylic acids is 1. The molecule has 4 unspecified atom stereocenters. The third kappa shape index (κ3) is 2.50. The van der Waals surface area contributed by atoms with Gasteiger partial charge in [0.1, 0.15) is 9.75 Å². The highest BCUT2D eigenvalue weighted by molar-refractivity contribution is 6.66. The van der Waals surface area contributed by atoms with Crippen LogP contribution in [0.2, 0.25) is 0 Å². The van der Waals surface area contributed by atoms with E-state index in [9.17, 15) is 30.3 Å². The van der Waals surface area contributed by atoms with Gasteiger partial charge in [0.2, 0.25) is 11.5 Å². The molecule has 5 N–H and O–H groups in total. The third-order valence-electron chi connectivity index (χ3n) is 6.77. The Balaban J connectivity index is 1.89. The van der Waals surface area contributed by atoms with Crippen molar-refractivity contribution in [3.05, 3.63) is 45.5 Å². The zero-order chi connectivity index (χ0) is 25.1. The molecule has 2 aromatic carbocycles. The summed E-state index contributed by atoms with van der Waals surface area (Å²) in [6.07, 6.45) is 0. The van der Waals surface area contributed by atoms with Crippen LogP contribution < -0.4 is 4.74 Å². The van der Waals surface area contributed by atoms with Gasteiger partial charge < -0.3 is 30.3 Å². The summed E-state index contributed by atoms with van der Waals surface area (Å²) in [5, 5.41) is 50.7. The minimum Gasteiger partial charge on any atom is -0.504 e. The number of alkyl halides is 4. The van der Waals surface area contributed by atoms with Crippen LogP contribution in [0.5, 0.6) is 34.5 Å². The molecule has 13 heteroatoms. The number of halogens is 6. The quantitative estimate of drug-likeness (QED) is 0.218. The third-order valence-corrected chi connectivity index (χ3v) is 11.0. The number of allylic oxidation sites excluding steroid dienone is 2. The van der Waals surface area contributed by atoms with Crippen LogP contribution in [0, 0.1) is 11.8 Å². The van der Waals surface area contributed by atoms with Crippen LogP contribution in [0.25, 0.3) is 0 Å². The summed E-state index contributed by atoms with van der Waals surface area (Å²) in [5.41, 5.74) is 0.336. The molecule has 0 radical (unpaired) electrons. The molecular formula is C21H12Cl6O7. The lowest BCUT2D eigenvalue weighted by atomic mass is 9.68. The molecule has 0 spiro atoms. The Hall–Kier alpha value is -1.61. The number of benzene rings is 2. The molecule has 180 valence electrons. The summed E-state index contributed by atoms with van der Waals surface area (Å²) >= 11 is 39.8. The molecule has 1 fully saturated rings. The molecule has 4 atom stereocenters. The van der Waals surface area contributed by atoms with E-state index in [2.05, 4.69) is 0 Å². The summed E-state index contributed by atoms with van der Waals surface area (Å²) < 4.78 is 3.44. The van der Waals surface area contributed by atoms with E-state index in [0.717, 1.165) is 12.1 Å². The summed E-state index contributed by atoms with van der Waals surface area (Å²) in [6, 6.07) is 5.07. The van der Waals surface area contributed by atoms with Gasteiger partial charge in [-0.1, -0.05) is 58.5 Å². The van der Waals surface area contributed by atoms with Crippen molar-refractivity contribution in [3.8, 4) is 34.5 Å². The maximum Gasteiger partial charge on any atom is 0.309 e. The summed E-state index contributed by atoms with van der Waals surface area (Å²) in [6.45, 7) is 0. The second-order valence-corrected chi connectivity index (χ2v) is 11.5. The van der Waals surface area contributed by atoms with Gasteiger partial charge in [-0.15, -0.1) is 23.2 Å². The molecule has 2 aliphatic carbocycles. The molecule has 1 aliphatic heterocycles. The zero-order valence-electron chi connectivity index (χ0n) is 16.4. The van der Waals surface area contributed by atoms with Crippen LogP contribution in [-0.2, 0) is 4.79 Å². The molecule has 2 bridgehead atoms. The van der Waals surface area contributed by atoms with Crippen molar-refractivity contribution in [1.29, 1.82) is 0 Å². The number of phenols is 4. The van der Waals surface area contributed by atoms with Gasteiger partial charge in [0.05, 0.1) is 16.0 Å². The van der Waals surface area contributed by atoms with E-state index >= 15 is 0 Å². The largest absolute Gasteiger partial charge is 0.504 e. The molecule has 1 heterocycles. The first-order chi connectivity index (χ1) is 15.7. The van der Waals surface area contributed by atoms with Gasteiger partial charge in [-0.05, 0) is 12.1 Å². The fraction of sp³-hybridized carbons (Fsp3) is 0.286. The molecule has 0 aromatic heterocycles. The number of carboxylic acid groups (broad SMARTS) is 1. The number of ether oxygens (including phenoxy) is 1. The van der Waals surface area contributed by atoms with Crippen molar-refractivity contribution < 1.29 is 35.1 Å². The number of rotatable bonds is 2. The summed E-state index contributed by atoms with van der Waals surface area (Å²) in [4.78, 5) is 8.42. The molecule has 7 nitrogen and oxygen atoms in total. The van der Waals surface area contributed by atoms with Gasteiger partial charge in [0.25, 0.3) is 0 Å². The van der Waals surface area contributed by atoms with Gasteiger partial charge in [0, 0.05) is 23.0 Å². The highest BCUT2D eigenvalue weighted by atomic mass is 35.5. The molecule has 1 saturated carbocycles. The van der Waals surface area contributed by atoms with E-state index in [1.807, 2.05) is 0 Å². The minimum atomic E-state index is -2.21. The zero-order valence-corrected chi connectivity index (χ0v) is 20.9. The predicted octanol–water partition coefficient (Wildman–Crippen LogP) is 5.91. The topological polar surface area (TPSA) is 127 Å². The summed E-state index contributed by atoms with van der Waals surface area (Å²) in [5.74, 6) is -8.61. The molecular weight excluding hydrogens is 577 g/mol. The minimum absolute atomic E-state index is 0.168. The maximum atomic E-state index is 12.6. The molecule has 3 aliphatic rings. The van der Waals surface area contributed by atoms with Gasteiger partial charge in [-0.25, -0.2) is 0 Å². The van der Waals surface area contributed by atoms with Gasteiger partial charge >= 0.3 is 5.97 Å². The van der Waals surface area contributed by atoms with Crippen LogP contribution in [-0.4, -0.2) is 45.6 Å². The van der Waals surface area contributed by atoms with Gasteiger partial charge in [0.15, 0.2) is 27.3 Å². The monoisotopic (exact) mass is 586 g/mol. The van der Waals surface area contributed by atoms with Crippen LogP contribution in [0.15, 0.2) is 34.3 Å². The number of hydrogen-bond donors (Lipinski definition) is 5. The van der Waals surface area contributed by atoms with Crippen LogP contribution in [0.1, 0.15) is 17.0 Å². The average molecular weight is 589 g/mol. The Labute approximate surface area is 221 Å². The Kier molecular flexibility index (Phi) is 5.11. The van der Waals surface area contributed by atoms with Gasteiger partial charge in [-0.3, -0.25) is 4.79 Å². The number of hydrogen-bond acceptors (Lipinski definition) is 6. The van der Waals surface area contributed by atoms with Crippen molar-refractivity contribution in [3.63, 3.8) is 0 Å². The number of carboxylic acids is 1. The Morgan fingerprint density at radius 3 is 1.68 bits per heavy atom. The van der Waals surface area contributed by atoms with Crippen molar-refractivity contribution in [1.82, 2.24) is 0 Å². The molecule has 0 saturated heterocycles. The Bertz CT molecular complexity index is 1270.